The van der Waals surface area contributed by atoms with Gasteiger partial charge in [-0.3, -0.25) is 4.72 Å². The van der Waals surface area contributed by atoms with Crippen LogP contribution in [-0.2, 0) is 16.6 Å². The van der Waals surface area contributed by atoms with E-state index in [0.717, 1.165) is 0 Å². The Bertz CT molecular complexity index is 1260. The molecule has 9 heteroatoms. The Hall–Kier alpha value is -3.12. The topological polar surface area (TPSA) is 84.1 Å². The minimum atomic E-state index is -3.70. The van der Waals surface area contributed by atoms with Crippen LogP contribution in [0, 0.1) is 17.1 Å². The first-order chi connectivity index (χ1) is 14.7. The molecule has 0 amide bonds. The van der Waals surface area contributed by atoms with Gasteiger partial charge in [0.15, 0.2) is 0 Å². The Morgan fingerprint density at radius 2 is 1.97 bits per heavy atom. The van der Waals surface area contributed by atoms with Gasteiger partial charge in [0.2, 0.25) is 10.0 Å². The number of halogens is 2. The Morgan fingerprint density at radius 1 is 1.23 bits per heavy atom. The summed E-state index contributed by atoms with van der Waals surface area (Å²) >= 11 is 0. The third-order valence-electron chi connectivity index (χ3n) is 4.93. The van der Waals surface area contributed by atoms with E-state index in [0.29, 0.717) is 40.0 Å². The van der Waals surface area contributed by atoms with Crippen LogP contribution in [0.15, 0.2) is 36.4 Å². The molecule has 164 valence electrons. The number of fused-ring (bicyclic) bond motifs is 1. The second-order valence-electron chi connectivity index (χ2n) is 7.19. The van der Waals surface area contributed by atoms with Gasteiger partial charge in [0, 0.05) is 23.6 Å². The van der Waals surface area contributed by atoms with Crippen LogP contribution in [0.2, 0.25) is 0 Å². The van der Waals surface area contributed by atoms with Gasteiger partial charge < -0.3 is 9.30 Å². The maximum Gasteiger partial charge on any atom is 0.235 e. The fourth-order valence-electron chi connectivity index (χ4n) is 3.33. The van der Waals surface area contributed by atoms with Crippen LogP contribution in [-0.4, -0.2) is 31.5 Å². The van der Waals surface area contributed by atoms with Crippen molar-refractivity contribution in [2.24, 2.45) is 0 Å². The van der Waals surface area contributed by atoms with Crippen LogP contribution in [0.4, 0.5) is 14.5 Å². The Kier molecular flexibility index (Phi) is 6.51. The summed E-state index contributed by atoms with van der Waals surface area (Å²) in [6, 6.07) is 11.4. The van der Waals surface area contributed by atoms with Crippen molar-refractivity contribution in [3.8, 4) is 23.1 Å². The summed E-state index contributed by atoms with van der Waals surface area (Å²) < 4.78 is 60.8. The maximum atomic E-state index is 14.8. The van der Waals surface area contributed by atoms with Gasteiger partial charge in [0.25, 0.3) is 0 Å². The van der Waals surface area contributed by atoms with E-state index in [1.807, 2.05) is 11.5 Å². The van der Waals surface area contributed by atoms with Crippen LogP contribution >= 0.6 is 0 Å². The predicted octanol–water partition coefficient (Wildman–Crippen LogP) is 4.84. The molecule has 0 fully saturated rings. The summed E-state index contributed by atoms with van der Waals surface area (Å²) in [5, 5.41) is 9.75. The fourth-order valence-corrected chi connectivity index (χ4v) is 4.04. The molecule has 0 aliphatic heterocycles. The first-order valence-electron chi connectivity index (χ1n) is 9.80. The molecule has 6 nitrogen and oxygen atoms in total. The Labute approximate surface area is 180 Å². The number of alkyl halides is 1. The normalized spacial score (nSPS) is 11.6. The van der Waals surface area contributed by atoms with Crippen molar-refractivity contribution in [2.75, 3.05) is 18.0 Å². The molecule has 3 aromatic rings. The lowest BCUT2D eigenvalue weighted by Gasteiger charge is -2.13. The summed E-state index contributed by atoms with van der Waals surface area (Å²) in [4.78, 5) is 0. The highest BCUT2D eigenvalue weighted by Crippen LogP contribution is 2.36. The maximum absolute atomic E-state index is 14.8. The number of aromatic nitrogens is 1. The van der Waals surface area contributed by atoms with Crippen molar-refractivity contribution in [1.29, 1.82) is 5.26 Å². The van der Waals surface area contributed by atoms with Gasteiger partial charge in [-0.2, -0.15) is 5.26 Å². The first-order valence-corrected chi connectivity index (χ1v) is 11.3. The molecule has 1 N–H and O–H groups in total. The van der Waals surface area contributed by atoms with Crippen molar-refractivity contribution in [1.82, 2.24) is 4.57 Å². The van der Waals surface area contributed by atoms with E-state index in [9.17, 15) is 22.5 Å². The molecule has 1 heterocycles. The number of rotatable bonds is 8. The molecule has 0 aliphatic rings. The van der Waals surface area contributed by atoms with Crippen LogP contribution in [0.5, 0.6) is 5.75 Å². The molecule has 0 bridgehead atoms. The summed E-state index contributed by atoms with van der Waals surface area (Å²) in [5.74, 6) is -0.275. The zero-order valence-corrected chi connectivity index (χ0v) is 18.3. The van der Waals surface area contributed by atoms with Crippen molar-refractivity contribution < 1.29 is 21.9 Å². The third-order valence-corrected chi connectivity index (χ3v) is 6.67. The highest BCUT2D eigenvalue weighted by Gasteiger charge is 2.21. The van der Waals surface area contributed by atoms with E-state index in [2.05, 4.69) is 10.8 Å². The number of sulfonamides is 1. The van der Waals surface area contributed by atoms with Gasteiger partial charge in [0.05, 0.1) is 27.7 Å². The van der Waals surface area contributed by atoms with E-state index in [-0.39, 0.29) is 12.3 Å². The molecule has 0 saturated heterocycles. The van der Waals surface area contributed by atoms with E-state index < -0.39 is 27.8 Å². The molecule has 3 rings (SSSR count). The van der Waals surface area contributed by atoms with Gasteiger partial charge in [-0.25, -0.2) is 17.2 Å². The monoisotopic (exact) mass is 447 g/mol. The van der Waals surface area contributed by atoms with Crippen molar-refractivity contribution >= 4 is 26.6 Å². The molecule has 0 spiro atoms. The average molecular weight is 448 g/mol. The Balaban J connectivity index is 2.14. The highest BCUT2D eigenvalue weighted by molar-refractivity contribution is 7.93. The average Bonchev–Trinajstić information content (AvgIpc) is 3.06. The summed E-state index contributed by atoms with van der Waals surface area (Å²) in [6.45, 7) is 4.69. The number of hydrogen-bond acceptors (Lipinski definition) is 4. The lowest BCUT2D eigenvalue weighted by molar-refractivity contribution is 0.273. The lowest BCUT2D eigenvalue weighted by Crippen LogP contribution is -2.23. The smallest absolute Gasteiger partial charge is 0.235 e. The molecule has 0 aliphatic carbocycles. The van der Waals surface area contributed by atoms with Crippen LogP contribution in [0.25, 0.3) is 22.2 Å². The van der Waals surface area contributed by atoms with Gasteiger partial charge in [0.1, 0.15) is 30.9 Å². The highest BCUT2D eigenvalue weighted by atomic mass is 32.2. The van der Waals surface area contributed by atoms with Crippen molar-refractivity contribution in [3.05, 3.63) is 47.8 Å². The molecule has 0 unspecified atom stereocenters. The van der Waals surface area contributed by atoms with E-state index >= 15 is 0 Å². The molecule has 1 aromatic heterocycles. The molecule has 0 radical (unpaired) electrons. The summed E-state index contributed by atoms with van der Waals surface area (Å²) in [7, 11) is -3.70. The number of nitriles is 1. The van der Waals surface area contributed by atoms with Gasteiger partial charge >= 0.3 is 0 Å². The lowest BCUT2D eigenvalue weighted by atomic mass is 10.1. The number of aryl methyl sites for hydroxylation is 1. The molecule has 0 saturated carbocycles. The third kappa shape index (κ3) is 4.35. The number of benzene rings is 2. The number of nitrogens with one attached hydrogen (secondary N) is 1. The van der Waals surface area contributed by atoms with E-state index in [1.54, 1.807) is 24.3 Å². The molecule has 0 atom stereocenters. The molecular formula is C22H23F2N3O3S. The predicted molar refractivity (Wildman–Crippen MR) is 117 cm³/mol. The molecule has 2 aromatic carbocycles. The zero-order chi connectivity index (χ0) is 22.8. The minimum Gasteiger partial charge on any atom is -0.491 e. The van der Waals surface area contributed by atoms with E-state index in [1.165, 1.54) is 26.0 Å². The zero-order valence-electron chi connectivity index (χ0n) is 17.4. The first kappa shape index (κ1) is 22.6. The largest absolute Gasteiger partial charge is 0.491 e. The van der Waals surface area contributed by atoms with Gasteiger partial charge in [-0.15, -0.1) is 0 Å². The van der Waals surface area contributed by atoms with Crippen molar-refractivity contribution in [3.63, 3.8) is 0 Å². The molecular weight excluding hydrogens is 424 g/mol. The SMILES string of the molecule is CCn1c(-c2ccc(NS(=O)(=O)C(C)C)c(F)c2)c(C#N)c2ccc(OCCF)cc21. The van der Waals surface area contributed by atoms with Crippen molar-refractivity contribution in [2.45, 2.75) is 32.6 Å². The van der Waals surface area contributed by atoms with Gasteiger partial charge in [-0.05, 0) is 45.0 Å². The van der Waals surface area contributed by atoms with Crippen LogP contribution < -0.4 is 9.46 Å². The quantitative estimate of drug-likeness (QED) is 0.536. The number of ether oxygens (including phenoxy) is 1. The number of anilines is 1. The fraction of sp³-hybridized carbons (Fsp3) is 0.318. The van der Waals surface area contributed by atoms with Crippen LogP contribution in [0.1, 0.15) is 26.3 Å². The number of hydrogen-bond donors (Lipinski definition) is 1. The Morgan fingerprint density at radius 3 is 2.55 bits per heavy atom. The van der Waals surface area contributed by atoms with E-state index in [4.69, 9.17) is 4.74 Å². The van der Waals surface area contributed by atoms with Crippen LogP contribution in [0.3, 0.4) is 0 Å². The van der Waals surface area contributed by atoms with Gasteiger partial charge in [-0.1, -0.05) is 6.07 Å². The second kappa shape index (κ2) is 8.94. The summed E-state index contributed by atoms with van der Waals surface area (Å²) in [6.07, 6.45) is 0. The minimum absolute atomic E-state index is 0.0741. The standard InChI is InChI=1S/C22H23F2N3O3S/c1-4-27-21-12-16(30-10-9-23)6-7-17(21)18(13-25)22(27)15-5-8-20(19(24)11-15)26-31(28,29)14(2)3/h5-8,11-12,14,26H,4,9-10H2,1-3H3. The summed E-state index contributed by atoms with van der Waals surface area (Å²) in [5.41, 5.74) is 1.86. The second-order valence-corrected chi connectivity index (χ2v) is 9.42. The number of nitrogens with zero attached hydrogens (tertiary/aromatic N) is 2. The molecule has 31 heavy (non-hydrogen) atoms.